The molecule has 5 heteroatoms. The van der Waals surface area contributed by atoms with Crippen LogP contribution in [0.3, 0.4) is 0 Å². The van der Waals surface area contributed by atoms with Crippen LogP contribution in [0.25, 0.3) is 11.1 Å². The van der Waals surface area contributed by atoms with Crippen molar-refractivity contribution >= 4 is 5.91 Å². The number of piperidine rings is 1. The molecule has 1 spiro atoms. The highest BCUT2D eigenvalue weighted by Crippen LogP contribution is 2.36. The predicted octanol–water partition coefficient (Wildman–Crippen LogP) is 3.71. The zero-order valence-corrected chi connectivity index (χ0v) is 17.6. The maximum Gasteiger partial charge on any atom is 0.253 e. The van der Waals surface area contributed by atoms with E-state index in [0.29, 0.717) is 0 Å². The maximum atomic E-state index is 13.3. The number of carbonyl (C=O) groups excluding carboxylic acids is 1. The molecule has 158 valence electrons. The molecule has 3 fully saturated rings. The second-order valence-electron chi connectivity index (χ2n) is 9.37. The lowest BCUT2D eigenvalue weighted by Gasteiger charge is -2.43. The molecule has 1 aliphatic carbocycles. The van der Waals surface area contributed by atoms with Crippen LogP contribution >= 0.6 is 0 Å². The molecule has 1 saturated carbocycles. The van der Waals surface area contributed by atoms with Crippen molar-refractivity contribution in [2.45, 2.75) is 25.7 Å². The van der Waals surface area contributed by atoms with Gasteiger partial charge in [-0.1, -0.05) is 12.1 Å². The van der Waals surface area contributed by atoms with Gasteiger partial charge in [0.2, 0.25) is 0 Å². The molecule has 1 aromatic heterocycles. The zero-order valence-electron chi connectivity index (χ0n) is 17.6. The summed E-state index contributed by atoms with van der Waals surface area (Å²) < 4.78 is 6.03. The van der Waals surface area contributed by atoms with Gasteiger partial charge in [0.05, 0.1) is 13.2 Å². The second-order valence-corrected chi connectivity index (χ2v) is 9.37. The fourth-order valence-electron chi connectivity index (χ4n) is 5.06. The molecule has 0 bridgehead atoms. The van der Waals surface area contributed by atoms with Gasteiger partial charge in [-0.05, 0) is 67.0 Å². The van der Waals surface area contributed by atoms with E-state index in [-0.39, 0.29) is 11.3 Å². The van der Waals surface area contributed by atoms with Crippen LogP contribution in [0, 0.1) is 11.3 Å². The molecule has 3 aliphatic rings. The Bertz CT molecular complexity index is 866. The van der Waals surface area contributed by atoms with Crippen molar-refractivity contribution in [3.05, 3.63) is 54.4 Å². The van der Waals surface area contributed by atoms with Gasteiger partial charge in [0.15, 0.2) is 0 Å². The number of amides is 1. The monoisotopic (exact) mass is 405 g/mol. The average Bonchev–Trinajstić information content (AvgIpc) is 3.62. The van der Waals surface area contributed by atoms with E-state index in [1.165, 1.54) is 19.4 Å². The first kappa shape index (κ1) is 19.7. The minimum absolute atomic E-state index is 0.0796. The first-order valence-electron chi connectivity index (χ1n) is 11.3. The first-order valence-corrected chi connectivity index (χ1v) is 11.3. The Labute approximate surface area is 179 Å². The quantitative estimate of drug-likeness (QED) is 0.778. The van der Waals surface area contributed by atoms with E-state index in [2.05, 4.69) is 14.8 Å². The molecule has 5 nitrogen and oxygen atoms in total. The summed E-state index contributed by atoms with van der Waals surface area (Å²) >= 11 is 0. The van der Waals surface area contributed by atoms with Gasteiger partial charge in [-0.3, -0.25) is 9.78 Å². The second kappa shape index (κ2) is 8.48. The highest BCUT2D eigenvalue weighted by atomic mass is 16.5. The van der Waals surface area contributed by atoms with Crippen LogP contribution < -0.4 is 0 Å². The molecule has 2 aromatic rings. The van der Waals surface area contributed by atoms with E-state index in [4.69, 9.17) is 4.74 Å². The Morgan fingerprint density at radius 1 is 1.03 bits per heavy atom. The summed E-state index contributed by atoms with van der Waals surface area (Å²) in [7, 11) is 0. The Morgan fingerprint density at radius 3 is 2.57 bits per heavy atom. The molecule has 30 heavy (non-hydrogen) atoms. The Kier molecular flexibility index (Phi) is 5.57. The van der Waals surface area contributed by atoms with Crippen molar-refractivity contribution < 1.29 is 9.53 Å². The van der Waals surface area contributed by atoms with Crippen LogP contribution in [0.5, 0.6) is 0 Å². The van der Waals surface area contributed by atoms with Crippen molar-refractivity contribution in [3.63, 3.8) is 0 Å². The third-order valence-electron chi connectivity index (χ3n) is 6.83. The zero-order chi connectivity index (χ0) is 20.4. The number of aromatic nitrogens is 1. The standard InChI is InChI=1S/C25H31N3O2/c29-24(23-6-4-21(5-7-23)22-8-11-26-12-9-22)28-13-1-10-25(18-28)17-27(14-15-30-19-25)16-20-2-3-20/h4-9,11-12,20H,1-3,10,13-19H2. The number of benzene rings is 1. The minimum atomic E-state index is 0.0796. The number of hydrogen-bond donors (Lipinski definition) is 0. The largest absolute Gasteiger partial charge is 0.379 e. The smallest absolute Gasteiger partial charge is 0.253 e. The van der Waals surface area contributed by atoms with Crippen molar-refractivity contribution in [2.75, 3.05) is 45.9 Å². The van der Waals surface area contributed by atoms with Gasteiger partial charge in [-0.15, -0.1) is 0 Å². The Morgan fingerprint density at radius 2 is 1.80 bits per heavy atom. The lowest BCUT2D eigenvalue weighted by atomic mass is 9.79. The third-order valence-corrected chi connectivity index (χ3v) is 6.83. The van der Waals surface area contributed by atoms with Gasteiger partial charge in [-0.2, -0.15) is 0 Å². The number of rotatable bonds is 4. The molecule has 1 amide bonds. The number of ether oxygens (including phenoxy) is 1. The number of pyridine rings is 1. The Balaban J connectivity index is 1.28. The lowest BCUT2D eigenvalue weighted by molar-refractivity contribution is 0.00717. The first-order chi connectivity index (χ1) is 14.7. The predicted molar refractivity (Wildman–Crippen MR) is 117 cm³/mol. The maximum absolute atomic E-state index is 13.3. The number of hydrogen-bond acceptors (Lipinski definition) is 4. The van der Waals surface area contributed by atoms with Crippen molar-refractivity contribution in [1.82, 2.24) is 14.8 Å². The highest BCUT2D eigenvalue weighted by molar-refractivity contribution is 5.94. The van der Waals surface area contributed by atoms with E-state index >= 15 is 0 Å². The van der Waals surface area contributed by atoms with E-state index in [0.717, 1.165) is 74.8 Å². The van der Waals surface area contributed by atoms with E-state index in [1.54, 1.807) is 12.4 Å². The van der Waals surface area contributed by atoms with Crippen LogP contribution in [-0.4, -0.2) is 66.6 Å². The summed E-state index contributed by atoms with van der Waals surface area (Å²) in [5.74, 6) is 1.04. The molecule has 0 N–H and O–H groups in total. The molecular formula is C25H31N3O2. The average molecular weight is 406 g/mol. The summed E-state index contributed by atoms with van der Waals surface area (Å²) in [5.41, 5.74) is 3.08. The molecule has 1 aromatic carbocycles. The van der Waals surface area contributed by atoms with Gasteiger partial charge >= 0.3 is 0 Å². The van der Waals surface area contributed by atoms with Crippen LogP contribution in [-0.2, 0) is 4.74 Å². The molecule has 2 aliphatic heterocycles. The summed E-state index contributed by atoms with van der Waals surface area (Å²) in [6.45, 7) is 6.54. The van der Waals surface area contributed by atoms with Crippen LogP contribution in [0.2, 0.25) is 0 Å². The van der Waals surface area contributed by atoms with Crippen LogP contribution in [0.1, 0.15) is 36.0 Å². The molecule has 3 heterocycles. The molecule has 1 unspecified atom stereocenters. The number of nitrogens with zero attached hydrogens (tertiary/aromatic N) is 3. The van der Waals surface area contributed by atoms with Crippen molar-refractivity contribution in [2.24, 2.45) is 11.3 Å². The van der Waals surface area contributed by atoms with Crippen LogP contribution in [0.4, 0.5) is 0 Å². The number of carbonyl (C=O) groups is 1. The van der Waals surface area contributed by atoms with E-state index < -0.39 is 0 Å². The Hall–Kier alpha value is -2.24. The molecular weight excluding hydrogens is 374 g/mol. The van der Waals surface area contributed by atoms with Gasteiger partial charge in [0.1, 0.15) is 0 Å². The van der Waals surface area contributed by atoms with Gasteiger partial charge in [-0.25, -0.2) is 0 Å². The molecule has 0 radical (unpaired) electrons. The number of likely N-dealkylation sites (tertiary alicyclic amines) is 1. The fourth-order valence-corrected chi connectivity index (χ4v) is 5.06. The SMILES string of the molecule is O=C(c1ccc(-c2ccncc2)cc1)N1CCCC2(COCCN(CC3CC3)C2)C1. The summed E-state index contributed by atoms with van der Waals surface area (Å²) in [6.07, 6.45) is 8.56. The molecule has 2 saturated heterocycles. The molecule has 5 rings (SSSR count). The molecule has 1 atom stereocenters. The summed E-state index contributed by atoms with van der Waals surface area (Å²) in [5, 5.41) is 0. The van der Waals surface area contributed by atoms with Crippen molar-refractivity contribution in [1.29, 1.82) is 0 Å². The normalized spacial score (nSPS) is 25.3. The fraction of sp³-hybridized carbons (Fsp3) is 0.520. The summed E-state index contributed by atoms with van der Waals surface area (Å²) in [6, 6.07) is 12.0. The van der Waals surface area contributed by atoms with Crippen molar-refractivity contribution in [3.8, 4) is 11.1 Å². The highest BCUT2D eigenvalue weighted by Gasteiger charge is 2.41. The topological polar surface area (TPSA) is 45.7 Å². The van der Waals surface area contributed by atoms with Gasteiger partial charge < -0.3 is 14.5 Å². The summed E-state index contributed by atoms with van der Waals surface area (Å²) in [4.78, 5) is 22.0. The van der Waals surface area contributed by atoms with E-state index in [9.17, 15) is 4.79 Å². The third kappa shape index (κ3) is 4.42. The van der Waals surface area contributed by atoms with E-state index in [1.807, 2.05) is 36.4 Å². The van der Waals surface area contributed by atoms with Crippen LogP contribution in [0.15, 0.2) is 48.8 Å². The van der Waals surface area contributed by atoms with Gasteiger partial charge in [0.25, 0.3) is 5.91 Å². The minimum Gasteiger partial charge on any atom is -0.379 e. The lowest BCUT2D eigenvalue weighted by Crippen LogP contribution is -2.52. The van der Waals surface area contributed by atoms with Gasteiger partial charge in [0, 0.05) is 56.1 Å².